The van der Waals surface area contributed by atoms with E-state index in [0.29, 0.717) is 5.82 Å². The van der Waals surface area contributed by atoms with Crippen LogP contribution in [0.4, 0.5) is 5.82 Å². The number of aromatic nitrogens is 1. The summed E-state index contributed by atoms with van der Waals surface area (Å²) in [5, 5.41) is 2.72. The van der Waals surface area contributed by atoms with Crippen molar-refractivity contribution in [3.63, 3.8) is 0 Å². The fourth-order valence-corrected chi connectivity index (χ4v) is 1.43. The van der Waals surface area contributed by atoms with Gasteiger partial charge in [-0.15, -0.1) is 0 Å². The van der Waals surface area contributed by atoms with Crippen molar-refractivity contribution in [1.82, 2.24) is 4.98 Å². The molecule has 1 aromatic heterocycles. The number of amides is 1. The van der Waals surface area contributed by atoms with Crippen LogP contribution in [-0.4, -0.2) is 16.9 Å². The standard InChI is InChI=1S/C12H18BrN3O/c1-7-8(13)5-6-9(15-7)16-11(17)10(14)12(2,3)4/h5-6,10H,14H2,1-4H3,(H,15,16,17)/t10-/m0/s1. The van der Waals surface area contributed by atoms with Crippen molar-refractivity contribution in [2.75, 3.05) is 5.32 Å². The third kappa shape index (κ3) is 3.78. The molecule has 0 aromatic carbocycles. The third-order valence-corrected chi connectivity index (χ3v) is 3.33. The van der Waals surface area contributed by atoms with E-state index in [2.05, 4.69) is 26.2 Å². The molecule has 0 aliphatic heterocycles. The molecule has 0 fully saturated rings. The molecular weight excluding hydrogens is 282 g/mol. The highest BCUT2D eigenvalue weighted by atomic mass is 79.9. The summed E-state index contributed by atoms with van der Waals surface area (Å²) in [6.07, 6.45) is 0. The predicted molar refractivity (Wildman–Crippen MR) is 72.7 cm³/mol. The highest BCUT2D eigenvalue weighted by Gasteiger charge is 2.27. The van der Waals surface area contributed by atoms with Crippen molar-refractivity contribution in [1.29, 1.82) is 0 Å². The molecule has 1 heterocycles. The molecule has 3 N–H and O–H groups in total. The van der Waals surface area contributed by atoms with E-state index >= 15 is 0 Å². The maximum Gasteiger partial charge on any atom is 0.242 e. The molecule has 0 bridgehead atoms. The van der Waals surface area contributed by atoms with E-state index < -0.39 is 6.04 Å². The number of nitrogens with one attached hydrogen (secondary N) is 1. The van der Waals surface area contributed by atoms with Crippen LogP contribution in [0.2, 0.25) is 0 Å². The van der Waals surface area contributed by atoms with Crippen LogP contribution >= 0.6 is 15.9 Å². The zero-order valence-corrected chi connectivity index (χ0v) is 12.1. The number of aryl methyl sites for hydroxylation is 1. The van der Waals surface area contributed by atoms with Crippen molar-refractivity contribution < 1.29 is 4.79 Å². The molecule has 0 aliphatic carbocycles. The molecular formula is C12H18BrN3O. The quantitative estimate of drug-likeness (QED) is 0.881. The molecule has 0 spiro atoms. The van der Waals surface area contributed by atoms with Crippen LogP contribution < -0.4 is 11.1 Å². The van der Waals surface area contributed by atoms with Crippen LogP contribution in [0, 0.1) is 12.3 Å². The van der Waals surface area contributed by atoms with Crippen LogP contribution in [0.3, 0.4) is 0 Å². The summed E-state index contributed by atoms with van der Waals surface area (Å²) in [5.41, 5.74) is 6.42. The van der Waals surface area contributed by atoms with E-state index in [-0.39, 0.29) is 11.3 Å². The SMILES string of the molecule is Cc1nc(NC(=O)[C@H](N)C(C)(C)C)ccc1Br. The summed E-state index contributed by atoms with van der Waals surface area (Å²) >= 11 is 3.36. The van der Waals surface area contributed by atoms with E-state index in [1.165, 1.54) is 0 Å². The molecule has 1 atom stereocenters. The molecule has 4 nitrogen and oxygen atoms in total. The summed E-state index contributed by atoms with van der Waals surface area (Å²) < 4.78 is 0.913. The molecule has 0 saturated heterocycles. The lowest BCUT2D eigenvalue weighted by molar-refractivity contribution is -0.119. The Kier molecular flexibility index (Phi) is 4.27. The van der Waals surface area contributed by atoms with E-state index in [1.54, 1.807) is 6.07 Å². The molecule has 0 radical (unpaired) electrons. The predicted octanol–water partition coefficient (Wildman–Crippen LogP) is 2.46. The van der Waals surface area contributed by atoms with Gasteiger partial charge in [-0.3, -0.25) is 4.79 Å². The second kappa shape index (κ2) is 5.14. The molecule has 94 valence electrons. The van der Waals surface area contributed by atoms with Gasteiger partial charge in [0, 0.05) is 4.47 Å². The second-order valence-corrected chi connectivity index (χ2v) is 5.95. The van der Waals surface area contributed by atoms with Gasteiger partial charge in [-0.2, -0.15) is 0 Å². The Labute approximate surface area is 110 Å². The zero-order chi connectivity index (χ0) is 13.2. The van der Waals surface area contributed by atoms with Crippen molar-refractivity contribution >= 4 is 27.7 Å². The number of nitrogens with zero attached hydrogens (tertiary/aromatic N) is 1. The Balaban J connectivity index is 2.78. The summed E-state index contributed by atoms with van der Waals surface area (Å²) in [7, 11) is 0. The van der Waals surface area contributed by atoms with Gasteiger partial charge in [0.15, 0.2) is 0 Å². The summed E-state index contributed by atoms with van der Waals surface area (Å²) in [6, 6.07) is 3.03. The maximum atomic E-state index is 11.9. The third-order valence-electron chi connectivity index (χ3n) is 2.49. The molecule has 0 unspecified atom stereocenters. The Bertz CT molecular complexity index is 426. The minimum absolute atomic E-state index is 0.216. The molecule has 1 amide bonds. The van der Waals surface area contributed by atoms with E-state index in [1.807, 2.05) is 33.8 Å². The molecule has 1 rings (SSSR count). The van der Waals surface area contributed by atoms with Gasteiger partial charge >= 0.3 is 0 Å². The van der Waals surface area contributed by atoms with Gasteiger partial charge in [0.1, 0.15) is 5.82 Å². The summed E-state index contributed by atoms with van der Waals surface area (Å²) in [5.74, 6) is 0.308. The fraction of sp³-hybridized carbons (Fsp3) is 0.500. The summed E-state index contributed by atoms with van der Waals surface area (Å²) in [6.45, 7) is 7.65. The Morgan fingerprint density at radius 2 is 2.06 bits per heavy atom. The Morgan fingerprint density at radius 3 is 2.53 bits per heavy atom. The van der Waals surface area contributed by atoms with Gasteiger partial charge in [-0.1, -0.05) is 20.8 Å². The lowest BCUT2D eigenvalue weighted by Crippen LogP contribution is -2.45. The highest BCUT2D eigenvalue weighted by Crippen LogP contribution is 2.20. The van der Waals surface area contributed by atoms with Crippen LogP contribution in [0.1, 0.15) is 26.5 Å². The normalized spacial score (nSPS) is 13.3. The van der Waals surface area contributed by atoms with Crippen LogP contribution in [0.25, 0.3) is 0 Å². The average Bonchev–Trinajstić information content (AvgIpc) is 2.21. The van der Waals surface area contributed by atoms with Crippen molar-refractivity contribution in [2.45, 2.75) is 33.7 Å². The first-order valence-electron chi connectivity index (χ1n) is 5.41. The zero-order valence-electron chi connectivity index (χ0n) is 10.5. The van der Waals surface area contributed by atoms with Crippen molar-refractivity contribution in [3.05, 3.63) is 22.3 Å². The van der Waals surface area contributed by atoms with Gasteiger partial charge < -0.3 is 11.1 Å². The Morgan fingerprint density at radius 1 is 1.47 bits per heavy atom. The number of pyridine rings is 1. The van der Waals surface area contributed by atoms with Gasteiger partial charge in [-0.25, -0.2) is 4.98 Å². The lowest BCUT2D eigenvalue weighted by atomic mass is 9.87. The monoisotopic (exact) mass is 299 g/mol. The first-order valence-corrected chi connectivity index (χ1v) is 6.20. The largest absolute Gasteiger partial charge is 0.319 e. The average molecular weight is 300 g/mol. The summed E-state index contributed by atoms with van der Waals surface area (Å²) in [4.78, 5) is 16.1. The number of rotatable bonds is 2. The number of halogens is 1. The fourth-order valence-electron chi connectivity index (χ4n) is 1.21. The number of carbonyl (C=O) groups is 1. The number of nitrogens with two attached hydrogens (primary N) is 1. The van der Waals surface area contributed by atoms with E-state index in [9.17, 15) is 4.79 Å². The minimum Gasteiger partial charge on any atom is -0.319 e. The number of carbonyl (C=O) groups excluding carboxylic acids is 1. The van der Waals surface area contributed by atoms with E-state index in [4.69, 9.17) is 5.73 Å². The van der Waals surface area contributed by atoms with Crippen molar-refractivity contribution in [2.24, 2.45) is 11.1 Å². The number of hydrogen-bond acceptors (Lipinski definition) is 3. The van der Waals surface area contributed by atoms with Gasteiger partial charge in [0.05, 0.1) is 11.7 Å². The Hall–Kier alpha value is -0.940. The second-order valence-electron chi connectivity index (χ2n) is 5.10. The molecule has 17 heavy (non-hydrogen) atoms. The van der Waals surface area contributed by atoms with E-state index in [0.717, 1.165) is 10.2 Å². The highest BCUT2D eigenvalue weighted by molar-refractivity contribution is 9.10. The van der Waals surface area contributed by atoms with Gasteiger partial charge in [0.25, 0.3) is 0 Å². The first kappa shape index (κ1) is 14.1. The maximum absolute atomic E-state index is 11.9. The minimum atomic E-state index is -0.562. The van der Waals surface area contributed by atoms with Crippen LogP contribution in [0.5, 0.6) is 0 Å². The van der Waals surface area contributed by atoms with Crippen molar-refractivity contribution in [3.8, 4) is 0 Å². The van der Waals surface area contributed by atoms with Crippen LogP contribution in [0.15, 0.2) is 16.6 Å². The number of anilines is 1. The van der Waals surface area contributed by atoms with Gasteiger partial charge in [0.2, 0.25) is 5.91 Å². The smallest absolute Gasteiger partial charge is 0.242 e. The lowest BCUT2D eigenvalue weighted by Gasteiger charge is -2.25. The van der Waals surface area contributed by atoms with Crippen LogP contribution in [-0.2, 0) is 4.79 Å². The number of hydrogen-bond donors (Lipinski definition) is 2. The van der Waals surface area contributed by atoms with Gasteiger partial charge in [-0.05, 0) is 40.4 Å². The molecule has 0 saturated carbocycles. The molecule has 1 aromatic rings. The first-order chi connectivity index (χ1) is 7.71. The topological polar surface area (TPSA) is 68.0 Å². The molecule has 5 heteroatoms. The molecule has 0 aliphatic rings.